The molecule has 0 aliphatic rings. The van der Waals surface area contributed by atoms with E-state index in [1.54, 1.807) is 31.4 Å². The third kappa shape index (κ3) is 5.30. The summed E-state index contributed by atoms with van der Waals surface area (Å²) in [6, 6.07) is 23.9. The van der Waals surface area contributed by atoms with Crippen molar-refractivity contribution in [1.29, 1.82) is 0 Å². The van der Waals surface area contributed by atoms with E-state index in [0.29, 0.717) is 21.6 Å². The van der Waals surface area contributed by atoms with Gasteiger partial charge < -0.3 is 9.47 Å². The van der Waals surface area contributed by atoms with Crippen molar-refractivity contribution in [1.82, 2.24) is 14.8 Å². The highest BCUT2D eigenvalue weighted by Crippen LogP contribution is 2.25. The number of halogens is 1. The van der Waals surface area contributed by atoms with Gasteiger partial charge in [-0.15, -0.1) is 10.2 Å². The predicted molar refractivity (Wildman–Crippen MR) is 125 cm³/mol. The number of carbonyl (C=O) groups excluding carboxylic acids is 1. The number of para-hydroxylation sites is 1. The summed E-state index contributed by atoms with van der Waals surface area (Å²) in [5.74, 6) is 2.31. The van der Waals surface area contributed by atoms with Gasteiger partial charge in [0, 0.05) is 16.3 Å². The average molecular weight is 466 g/mol. The molecule has 8 heteroatoms. The van der Waals surface area contributed by atoms with Gasteiger partial charge in [0.05, 0.1) is 12.9 Å². The largest absolute Gasteiger partial charge is 0.497 e. The van der Waals surface area contributed by atoms with Crippen LogP contribution < -0.4 is 9.47 Å². The first-order valence-electron chi connectivity index (χ1n) is 9.82. The Morgan fingerprint density at radius 3 is 2.34 bits per heavy atom. The van der Waals surface area contributed by atoms with Gasteiger partial charge in [-0.1, -0.05) is 41.6 Å². The zero-order valence-corrected chi connectivity index (χ0v) is 18.8. The van der Waals surface area contributed by atoms with E-state index in [2.05, 4.69) is 10.2 Å². The van der Waals surface area contributed by atoms with Crippen LogP contribution in [0.1, 0.15) is 16.2 Å². The fraction of sp³-hybridized carbons (Fsp3) is 0.125. The Bertz CT molecular complexity index is 1180. The molecule has 4 rings (SSSR count). The highest BCUT2D eigenvalue weighted by atomic mass is 35.5. The molecule has 6 nitrogen and oxygen atoms in total. The molecular weight excluding hydrogens is 446 g/mol. The summed E-state index contributed by atoms with van der Waals surface area (Å²) < 4.78 is 13.0. The normalized spacial score (nSPS) is 10.7. The van der Waals surface area contributed by atoms with E-state index in [4.69, 9.17) is 21.1 Å². The number of rotatable bonds is 9. The van der Waals surface area contributed by atoms with Crippen LogP contribution in [0.3, 0.4) is 0 Å². The molecule has 0 aliphatic carbocycles. The van der Waals surface area contributed by atoms with E-state index in [-0.39, 0.29) is 18.1 Å². The molecule has 0 amide bonds. The number of carbonyl (C=O) groups is 1. The smallest absolute Gasteiger partial charge is 0.196 e. The quantitative estimate of drug-likeness (QED) is 0.241. The fourth-order valence-corrected chi connectivity index (χ4v) is 3.98. The highest BCUT2D eigenvalue weighted by molar-refractivity contribution is 7.99. The molecule has 0 radical (unpaired) electrons. The van der Waals surface area contributed by atoms with E-state index in [0.717, 1.165) is 17.2 Å². The first-order valence-corrected chi connectivity index (χ1v) is 11.2. The summed E-state index contributed by atoms with van der Waals surface area (Å²) in [5.41, 5.74) is 1.45. The number of ether oxygens (including phenoxy) is 2. The van der Waals surface area contributed by atoms with Gasteiger partial charge in [0.25, 0.3) is 0 Å². The third-order valence-corrected chi connectivity index (χ3v) is 5.82. The molecule has 3 aromatic carbocycles. The maximum absolute atomic E-state index is 12.6. The molecule has 0 saturated carbocycles. The summed E-state index contributed by atoms with van der Waals surface area (Å²) in [4.78, 5) is 12.6. The monoisotopic (exact) mass is 465 g/mol. The topological polar surface area (TPSA) is 66.2 Å². The maximum atomic E-state index is 12.6. The number of hydrogen-bond donors (Lipinski definition) is 0. The van der Waals surface area contributed by atoms with Gasteiger partial charge >= 0.3 is 0 Å². The van der Waals surface area contributed by atoms with Gasteiger partial charge in [-0.25, -0.2) is 0 Å². The van der Waals surface area contributed by atoms with Crippen molar-refractivity contribution in [2.24, 2.45) is 0 Å². The van der Waals surface area contributed by atoms with Crippen LogP contribution >= 0.6 is 23.4 Å². The van der Waals surface area contributed by atoms with Gasteiger partial charge in [-0.2, -0.15) is 0 Å². The Morgan fingerprint density at radius 2 is 1.66 bits per heavy atom. The molecular formula is C24H20ClN3O3S. The summed E-state index contributed by atoms with van der Waals surface area (Å²) >= 11 is 7.24. The van der Waals surface area contributed by atoms with Crippen LogP contribution in [0.25, 0.3) is 5.69 Å². The molecule has 0 atom stereocenters. The van der Waals surface area contributed by atoms with Crippen LogP contribution in [0.5, 0.6) is 11.5 Å². The second kappa shape index (κ2) is 10.3. The van der Waals surface area contributed by atoms with E-state index < -0.39 is 0 Å². The van der Waals surface area contributed by atoms with Crippen LogP contribution in [0.2, 0.25) is 5.02 Å². The van der Waals surface area contributed by atoms with Crippen molar-refractivity contribution in [2.75, 3.05) is 12.9 Å². The van der Waals surface area contributed by atoms with Crippen molar-refractivity contribution < 1.29 is 14.3 Å². The van der Waals surface area contributed by atoms with Crippen molar-refractivity contribution in [3.8, 4) is 17.2 Å². The number of ketones is 1. The predicted octanol–water partition coefficient (Wildman–Crippen LogP) is 5.48. The van der Waals surface area contributed by atoms with Crippen LogP contribution in [0.4, 0.5) is 0 Å². The molecule has 0 bridgehead atoms. The van der Waals surface area contributed by atoms with Gasteiger partial charge in [-0.3, -0.25) is 9.36 Å². The van der Waals surface area contributed by atoms with Crippen molar-refractivity contribution in [2.45, 2.75) is 11.8 Å². The lowest BCUT2D eigenvalue weighted by atomic mass is 10.1. The van der Waals surface area contributed by atoms with Gasteiger partial charge in [-0.05, 0) is 60.7 Å². The number of Topliss-reactive ketones (excluding diaryl/α,β-unsaturated/α-hetero) is 1. The van der Waals surface area contributed by atoms with Crippen molar-refractivity contribution in [3.05, 3.63) is 95.3 Å². The van der Waals surface area contributed by atoms with Crippen molar-refractivity contribution >= 4 is 29.1 Å². The Morgan fingerprint density at radius 1 is 0.938 bits per heavy atom. The van der Waals surface area contributed by atoms with E-state index in [1.165, 1.54) is 11.8 Å². The number of benzene rings is 3. The van der Waals surface area contributed by atoms with Crippen LogP contribution in [0.15, 0.2) is 84.0 Å². The lowest BCUT2D eigenvalue weighted by molar-refractivity contribution is 0.102. The average Bonchev–Trinajstić information content (AvgIpc) is 3.25. The summed E-state index contributed by atoms with van der Waals surface area (Å²) in [6.07, 6.45) is 0. The molecule has 162 valence electrons. The number of thioether (sulfide) groups is 1. The van der Waals surface area contributed by atoms with Gasteiger partial charge in [0.1, 0.15) is 18.1 Å². The van der Waals surface area contributed by atoms with Crippen LogP contribution in [-0.4, -0.2) is 33.4 Å². The lowest BCUT2D eigenvalue weighted by Crippen LogP contribution is -2.08. The minimum Gasteiger partial charge on any atom is -0.497 e. The summed E-state index contributed by atoms with van der Waals surface area (Å²) in [5, 5.41) is 9.83. The van der Waals surface area contributed by atoms with Gasteiger partial charge in [0.2, 0.25) is 0 Å². The Balaban J connectivity index is 1.57. The minimum atomic E-state index is -0.0157. The summed E-state index contributed by atoms with van der Waals surface area (Å²) in [6.45, 7) is 0.231. The molecule has 0 aliphatic heterocycles. The molecule has 4 aromatic rings. The second-order valence-electron chi connectivity index (χ2n) is 6.75. The Hall–Kier alpha value is -3.29. The SMILES string of the molecule is COc1ccc(-n2c(COc3ccccc3)nnc2SCC(=O)c2ccc(Cl)cc2)cc1. The third-order valence-electron chi connectivity index (χ3n) is 4.64. The Labute approximate surface area is 195 Å². The molecule has 32 heavy (non-hydrogen) atoms. The van der Waals surface area contributed by atoms with Crippen LogP contribution in [0, 0.1) is 0 Å². The molecule has 0 saturated heterocycles. The molecule has 1 heterocycles. The van der Waals surface area contributed by atoms with Crippen molar-refractivity contribution in [3.63, 3.8) is 0 Å². The molecule has 1 aromatic heterocycles. The lowest BCUT2D eigenvalue weighted by Gasteiger charge is -2.12. The number of hydrogen-bond acceptors (Lipinski definition) is 6. The highest BCUT2D eigenvalue weighted by Gasteiger charge is 2.17. The number of aromatic nitrogens is 3. The maximum Gasteiger partial charge on any atom is 0.196 e. The summed E-state index contributed by atoms with van der Waals surface area (Å²) in [7, 11) is 1.62. The van der Waals surface area contributed by atoms with E-state index in [1.807, 2.05) is 59.2 Å². The molecule has 0 spiro atoms. The standard InChI is InChI=1S/C24H20ClN3O3S/c1-30-20-13-11-19(12-14-20)28-23(15-31-21-5-3-2-4-6-21)26-27-24(28)32-16-22(29)17-7-9-18(25)10-8-17/h2-14H,15-16H2,1H3. The van der Waals surface area contributed by atoms with E-state index >= 15 is 0 Å². The molecule has 0 fully saturated rings. The molecule has 0 N–H and O–H groups in total. The number of nitrogens with zero attached hydrogens (tertiary/aromatic N) is 3. The first-order chi connectivity index (χ1) is 15.6. The van der Waals surface area contributed by atoms with Crippen LogP contribution in [-0.2, 0) is 6.61 Å². The fourth-order valence-electron chi connectivity index (χ4n) is 2.99. The first kappa shape index (κ1) is 21.9. The van der Waals surface area contributed by atoms with Gasteiger partial charge in [0.15, 0.2) is 16.8 Å². The number of methoxy groups -OCH3 is 1. The second-order valence-corrected chi connectivity index (χ2v) is 8.13. The zero-order valence-electron chi connectivity index (χ0n) is 17.3. The van der Waals surface area contributed by atoms with E-state index in [9.17, 15) is 4.79 Å². The Kier molecular flexibility index (Phi) is 7.09. The molecule has 0 unspecified atom stereocenters. The zero-order chi connectivity index (χ0) is 22.3. The minimum absolute atomic E-state index is 0.0157.